The van der Waals surface area contributed by atoms with Crippen molar-refractivity contribution in [3.63, 3.8) is 0 Å². The maximum absolute atomic E-state index is 8.79. The zero-order valence-electron chi connectivity index (χ0n) is 14.2. The van der Waals surface area contributed by atoms with E-state index in [1.54, 1.807) is 0 Å². The number of rotatable bonds is 10. The Bertz CT molecular complexity index is 614. The first-order chi connectivity index (χ1) is 11.7. The lowest BCUT2D eigenvalue weighted by Gasteiger charge is -2.13. The Morgan fingerprint density at radius 1 is 1.04 bits per heavy atom. The Morgan fingerprint density at radius 3 is 2.58 bits per heavy atom. The average molecular weight is 392 g/mol. The molecule has 0 amide bonds. The highest BCUT2D eigenvalue weighted by atomic mass is 79.9. The van der Waals surface area contributed by atoms with Gasteiger partial charge >= 0.3 is 0 Å². The number of unbranched alkanes of at least 4 members (excludes halogenated alkanes) is 2. The minimum absolute atomic E-state index is 0.280. The van der Waals surface area contributed by atoms with Crippen molar-refractivity contribution in [2.45, 2.75) is 39.3 Å². The first kappa shape index (κ1) is 19.0. The molecule has 24 heavy (non-hydrogen) atoms. The van der Waals surface area contributed by atoms with Gasteiger partial charge in [0.1, 0.15) is 12.4 Å². The second kappa shape index (κ2) is 10.5. The van der Waals surface area contributed by atoms with Crippen molar-refractivity contribution < 1.29 is 9.84 Å². The summed E-state index contributed by atoms with van der Waals surface area (Å²) in [4.78, 5) is 0. The maximum Gasteiger partial charge on any atom is 0.124 e. The van der Waals surface area contributed by atoms with Crippen molar-refractivity contribution in [2.75, 3.05) is 13.2 Å². The number of hydrogen-bond acceptors (Lipinski definition) is 3. The number of benzene rings is 2. The van der Waals surface area contributed by atoms with Gasteiger partial charge in [0.05, 0.1) is 0 Å². The standard InChI is InChI=1S/C20H26BrNO2/c1-16-5-7-17(8-6-16)15-24-20-10-9-19(21)13-18(20)14-22-11-3-2-4-12-23/h5-10,13,22-23H,2-4,11-12,14-15H2,1H3. The van der Waals surface area contributed by atoms with Crippen LogP contribution in [0.15, 0.2) is 46.9 Å². The average Bonchev–Trinajstić information content (AvgIpc) is 2.58. The molecule has 0 saturated carbocycles. The predicted molar refractivity (Wildman–Crippen MR) is 102 cm³/mol. The largest absolute Gasteiger partial charge is 0.489 e. The number of nitrogens with one attached hydrogen (secondary N) is 1. The molecule has 0 saturated heterocycles. The molecule has 2 aromatic carbocycles. The van der Waals surface area contributed by atoms with Gasteiger partial charge in [-0.15, -0.1) is 0 Å². The van der Waals surface area contributed by atoms with E-state index in [9.17, 15) is 0 Å². The van der Waals surface area contributed by atoms with Gasteiger partial charge in [0.25, 0.3) is 0 Å². The molecule has 0 radical (unpaired) electrons. The summed E-state index contributed by atoms with van der Waals surface area (Å²) >= 11 is 3.53. The molecule has 0 aliphatic heterocycles. The molecule has 0 heterocycles. The van der Waals surface area contributed by atoms with Gasteiger partial charge in [0, 0.05) is 23.2 Å². The van der Waals surface area contributed by atoms with Crippen molar-refractivity contribution in [3.8, 4) is 5.75 Å². The molecule has 3 nitrogen and oxygen atoms in total. The summed E-state index contributed by atoms with van der Waals surface area (Å²) in [6.45, 7) is 4.67. The molecule has 130 valence electrons. The highest BCUT2D eigenvalue weighted by molar-refractivity contribution is 9.10. The van der Waals surface area contributed by atoms with Gasteiger partial charge in [-0.1, -0.05) is 45.8 Å². The molecule has 0 aliphatic carbocycles. The summed E-state index contributed by atoms with van der Waals surface area (Å²) < 4.78 is 7.08. The third-order valence-electron chi connectivity index (χ3n) is 3.86. The predicted octanol–water partition coefficient (Wildman–Crippen LogP) is 4.59. The topological polar surface area (TPSA) is 41.5 Å². The zero-order valence-corrected chi connectivity index (χ0v) is 15.8. The van der Waals surface area contributed by atoms with E-state index < -0.39 is 0 Å². The number of aryl methyl sites for hydroxylation is 1. The fraction of sp³-hybridized carbons (Fsp3) is 0.400. The molecule has 2 rings (SSSR count). The molecule has 0 unspecified atom stereocenters. The summed E-state index contributed by atoms with van der Waals surface area (Å²) in [7, 11) is 0. The molecular formula is C20H26BrNO2. The molecule has 0 fully saturated rings. The fourth-order valence-corrected chi connectivity index (χ4v) is 2.84. The van der Waals surface area contributed by atoms with E-state index >= 15 is 0 Å². The first-order valence-electron chi connectivity index (χ1n) is 8.47. The van der Waals surface area contributed by atoms with Gasteiger partial charge in [-0.25, -0.2) is 0 Å². The third kappa shape index (κ3) is 6.63. The maximum atomic E-state index is 8.79. The van der Waals surface area contributed by atoms with E-state index in [0.717, 1.165) is 48.1 Å². The molecule has 0 aliphatic rings. The van der Waals surface area contributed by atoms with Gasteiger partial charge in [0.15, 0.2) is 0 Å². The SMILES string of the molecule is Cc1ccc(COc2ccc(Br)cc2CNCCCCCO)cc1. The fourth-order valence-electron chi connectivity index (χ4n) is 2.43. The van der Waals surface area contributed by atoms with Crippen LogP contribution in [0.4, 0.5) is 0 Å². The van der Waals surface area contributed by atoms with Crippen LogP contribution in [0.1, 0.15) is 36.0 Å². The number of aliphatic hydroxyl groups excluding tert-OH is 1. The number of hydrogen-bond donors (Lipinski definition) is 2. The number of halogens is 1. The Morgan fingerprint density at radius 2 is 1.83 bits per heavy atom. The van der Waals surface area contributed by atoms with E-state index in [4.69, 9.17) is 9.84 Å². The van der Waals surface area contributed by atoms with E-state index in [2.05, 4.69) is 58.5 Å². The Labute approximate surface area is 153 Å². The van der Waals surface area contributed by atoms with Gasteiger partial charge in [-0.2, -0.15) is 0 Å². The van der Waals surface area contributed by atoms with Crippen LogP contribution >= 0.6 is 15.9 Å². The van der Waals surface area contributed by atoms with Crippen LogP contribution in [-0.4, -0.2) is 18.3 Å². The lowest BCUT2D eigenvalue weighted by molar-refractivity contribution is 0.282. The quantitative estimate of drug-likeness (QED) is 0.582. The van der Waals surface area contributed by atoms with Crippen molar-refractivity contribution in [3.05, 3.63) is 63.6 Å². The Kier molecular flexibility index (Phi) is 8.29. The highest BCUT2D eigenvalue weighted by Gasteiger charge is 2.05. The summed E-state index contributed by atoms with van der Waals surface area (Å²) in [5, 5.41) is 12.2. The van der Waals surface area contributed by atoms with Crippen molar-refractivity contribution in [1.29, 1.82) is 0 Å². The second-order valence-electron chi connectivity index (χ2n) is 5.99. The second-order valence-corrected chi connectivity index (χ2v) is 6.90. The van der Waals surface area contributed by atoms with Crippen molar-refractivity contribution in [2.24, 2.45) is 0 Å². The van der Waals surface area contributed by atoms with Crippen molar-refractivity contribution >= 4 is 15.9 Å². The molecule has 0 atom stereocenters. The highest BCUT2D eigenvalue weighted by Crippen LogP contribution is 2.24. The zero-order chi connectivity index (χ0) is 17.2. The Balaban J connectivity index is 1.88. The number of ether oxygens (including phenoxy) is 1. The van der Waals surface area contributed by atoms with Gasteiger partial charge in [-0.05, 0) is 56.5 Å². The summed E-state index contributed by atoms with van der Waals surface area (Å²) in [5.74, 6) is 0.918. The Hall–Kier alpha value is -1.36. The van der Waals surface area contributed by atoms with Gasteiger partial charge in [0.2, 0.25) is 0 Å². The minimum Gasteiger partial charge on any atom is -0.489 e. The van der Waals surface area contributed by atoms with Crippen LogP contribution in [0.2, 0.25) is 0 Å². The van der Waals surface area contributed by atoms with Gasteiger partial charge in [-0.3, -0.25) is 0 Å². The van der Waals surface area contributed by atoms with Crippen LogP contribution in [-0.2, 0) is 13.2 Å². The monoisotopic (exact) mass is 391 g/mol. The summed E-state index contributed by atoms with van der Waals surface area (Å²) in [5.41, 5.74) is 3.58. The lowest BCUT2D eigenvalue weighted by atomic mass is 10.1. The smallest absolute Gasteiger partial charge is 0.124 e. The molecule has 2 aromatic rings. The van der Waals surface area contributed by atoms with Crippen LogP contribution in [0.3, 0.4) is 0 Å². The van der Waals surface area contributed by atoms with E-state index in [-0.39, 0.29) is 6.61 Å². The molecule has 0 spiro atoms. The van der Waals surface area contributed by atoms with Crippen molar-refractivity contribution in [1.82, 2.24) is 5.32 Å². The lowest BCUT2D eigenvalue weighted by Crippen LogP contribution is -2.15. The van der Waals surface area contributed by atoms with E-state index in [1.807, 2.05) is 12.1 Å². The minimum atomic E-state index is 0.280. The molecule has 0 bridgehead atoms. The van der Waals surface area contributed by atoms with Gasteiger partial charge < -0.3 is 15.2 Å². The summed E-state index contributed by atoms with van der Waals surface area (Å²) in [6, 6.07) is 14.5. The third-order valence-corrected chi connectivity index (χ3v) is 4.36. The van der Waals surface area contributed by atoms with E-state index in [0.29, 0.717) is 6.61 Å². The first-order valence-corrected chi connectivity index (χ1v) is 9.26. The molecule has 2 N–H and O–H groups in total. The van der Waals surface area contributed by atoms with E-state index in [1.165, 1.54) is 11.1 Å². The molecule has 0 aromatic heterocycles. The summed E-state index contributed by atoms with van der Waals surface area (Å²) in [6.07, 6.45) is 3.01. The number of aliphatic hydroxyl groups is 1. The molecule has 4 heteroatoms. The van der Waals surface area contributed by atoms with Crippen LogP contribution in [0, 0.1) is 6.92 Å². The van der Waals surface area contributed by atoms with Crippen LogP contribution < -0.4 is 10.1 Å². The normalized spacial score (nSPS) is 10.8. The van der Waals surface area contributed by atoms with Crippen LogP contribution in [0.25, 0.3) is 0 Å². The van der Waals surface area contributed by atoms with Crippen LogP contribution in [0.5, 0.6) is 5.75 Å². The molecular weight excluding hydrogens is 366 g/mol.